The van der Waals surface area contributed by atoms with Gasteiger partial charge in [0.15, 0.2) is 0 Å². The largest absolute Gasteiger partial charge is 0.481 e. The first-order valence-electron chi connectivity index (χ1n) is 4.72. The molecule has 6 heteroatoms. The molecule has 3 N–H and O–H groups in total. The monoisotopic (exact) mass is 242 g/mol. The Labute approximate surface area is 97.5 Å². The van der Waals surface area contributed by atoms with E-state index in [9.17, 15) is 9.59 Å². The van der Waals surface area contributed by atoms with Gasteiger partial charge in [-0.3, -0.25) is 4.79 Å². The van der Waals surface area contributed by atoms with Crippen LogP contribution in [-0.4, -0.2) is 23.7 Å². The third-order valence-electron chi connectivity index (χ3n) is 2.05. The Hall–Kier alpha value is -1.56. The van der Waals surface area contributed by atoms with Crippen molar-refractivity contribution in [3.05, 3.63) is 16.8 Å². The van der Waals surface area contributed by atoms with E-state index in [0.29, 0.717) is 5.69 Å². The zero-order valence-corrected chi connectivity index (χ0v) is 9.93. The van der Waals surface area contributed by atoms with Gasteiger partial charge in [-0.25, -0.2) is 4.79 Å². The van der Waals surface area contributed by atoms with E-state index in [1.54, 1.807) is 25.3 Å². The van der Waals surface area contributed by atoms with E-state index in [2.05, 4.69) is 10.6 Å². The Morgan fingerprint density at radius 2 is 2.19 bits per heavy atom. The second-order valence-corrected chi connectivity index (χ2v) is 4.79. The van der Waals surface area contributed by atoms with E-state index in [1.807, 2.05) is 5.38 Å². The van der Waals surface area contributed by atoms with E-state index in [1.165, 1.54) is 11.3 Å². The lowest BCUT2D eigenvalue weighted by Crippen LogP contribution is -2.40. The Morgan fingerprint density at radius 1 is 1.50 bits per heavy atom. The fraction of sp³-hybridized carbons (Fsp3) is 0.400. The normalized spacial score (nSPS) is 10.9. The highest BCUT2D eigenvalue weighted by atomic mass is 32.1. The zero-order chi connectivity index (χ0) is 12.2. The maximum atomic E-state index is 11.4. The first-order chi connectivity index (χ1) is 7.42. The number of anilines is 1. The Bertz CT molecular complexity index is 373. The number of carboxylic acid groups (broad SMARTS) is 1. The highest BCUT2D eigenvalue weighted by Gasteiger charge is 2.27. The molecule has 0 saturated carbocycles. The number of rotatable bonds is 4. The van der Waals surface area contributed by atoms with Crippen LogP contribution >= 0.6 is 11.3 Å². The van der Waals surface area contributed by atoms with Gasteiger partial charge in [-0.05, 0) is 25.3 Å². The molecule has 16 heavy (non-hydrogen) atoms. The standard InChI is InChI=1S/C10H14N2O3S/c1-10(2,8(13)14)6-11-9(15)12-7-3-4-16-5-7/h3-5H,6H2,1-2H3,(H,13,14)(H2,11,12,15). The molecule has 2 amide bonds. The first-order valence-corrected chi connectivity index (χ1v) is 5.66. The maximum Gasteiger partial charge on any atom is 0.319 e. The summed E-state index contributed by atoms with van der Waals surface area (Å²) in [6.07, 6.45) is 0. The summed E-state index contributed by atoms with van der Waals surface area (Å²) >= 11 is 1.47. The van der Waals surface area contributed by atoms with Crippen molar-refractivity contribution in [2.24, 2.45) is 5.41 Å². The van der Waals surface area contributed by atoms with Gasteiger partial charge in [0.1, 0.15) is 0 Å². The van der Waals surface area contributed by atoms with Crippen molar-refractivity contribution in [2.45, 2.75) is 13.8 Å². The predicted molar refractivity (Wildman–Crippen MR) is 62.8 cm³/mol. The molecule has 0 fully saturated rings. The molecule has 0 spiro atoms. The fourth-order valence-electron chi connectivity index (χ4n) is 0.888. The third-order valence-corrected chi connectivity index (χ3v) is 2.73. The van der Waals surface area contributed by atoms with Crippen molar-refractivity contribution in [2.75, 3.05) is 11.9 Å². The zero-order valence-electron chi connectivity index (χ0n) is 9.11. The number of carboxylic acids is 1. The summed E-state index contributed by atoms with van der Waals surface area (Å²) in [5.41, 5.74) is -0.262. The predicted octanol–water partition coefficient (Wildman–Crippen LogP) is 1.98. The van der Waals surface area contributed by atoms with Crippen LogP contribution in [0.3, 0.4) is 0 Å². The summed E-state index contributed by atoms with van der Waals surface area (Å²) in [5, 5.41) is 17.6. The van der Waals surface area contributed by atoms with Crippen LogP contribution < -0.4 is 10.6 Å². The van der Waals surface area contributed by atoms with Crippen molar-refractivity contribution in [3.63, 3.8) is 0 Å². The molecule has 0 aliphatic carbocycles. The molecule has 1 rings (SSSR count). The number of carbonyl (C=O) groups excluding carboxylic acids is 1. The van der Waals surface area contributed by atoms with Gasteiger partial charge in [-0.1, -0.05) is 0 Å². The summed E-state index contributed by atoms with van der Waals surface area (Å²) in [4.78, 5) is 22.1. The van der Waals surface area contributed by atoms with Gasteiger partial charge in [0.25, 0.3) is 0 Å². The van der Waals surface area contributed by atoms with E-state index in [0.717, 1.165) is 0 Å². The van der Waals surface area contributed by atoms with E-state index in [4.69, 9.17) is 5.11 Å². The SMILES string of the molecule is CC(C)(CNC(=O)Nc1ccsc1)C(=O)O. The van der Waals surface area contributed by atoms with Crippen LogP contribution in [0.2, 0.25) is 0 Å². The molecule has 0 radical (unpaired) electrons. The minimum atomic E-state index is -0.966. The number of carbonyl (C=O) groups is 2. The van der Waals surface area contributed by atoms with Crippen LogP contribution in [0.15, 0.2) is 16.8 Å². The molecule has 0 bridgehead atoms. The summed E-state index contributed by atoms with van der Waals surface area (Å²) in [6, 6.07) is 1.37. The number of nitrogens with one attached hydrogen (secondary N) is 2. The smallest absolute Gasteiger partial charge is 0.319 e. The lowest BCUT2D eigenvalue weighted by Gasteiger charge is -2.19. The molecule has 1 aromatic heterocycles. The number of hydrogen-bond donors (Lipinski definition) is 3. The minimum absolute atomic E-state index is 0.0817. The first kappa shape index (κ1) is 12.5. The maximum absolute atomic E-state index is 11.4. The van der Waals surface area contributed by atoms with Crippen LogP contribution in [-0.2, 0) is 4.79 Å². The molecule has 0 aliphatic rings. The van der Waals surface area contributed by atoms with Gasteiger partial charge in [-0.15, -0.1) is 0 Å². The molecular weight excluding hydrogens is 228 g/mol. The molecule has 1 heterocycles. The van der Waals surface area contributed by atoms with Gasteiger partial charge in [-0.2, -0.15) is 11.3 Å². The van der Waals surface area contributed by atoms with Crippen molar-refractivity contribution >= 4 is 29.0 Å². The Balaban J connectivity index is 2.39. The van der Waals surface area contributed by atoms with Crippen LogP contribution in [0.25, 0.3) is 0 Å². The van der Waals surface area contributed by atoms with Crippen molar-refractivity contribution in [3.8, 4) is 0 Å². The molecular formula is C10H14N2O3S. The Kier molecular flexibility index (Phi) is 3.89. The molecule has 0 aliphatic heterocycles. The topological polar surface area (TPSA) is 78.4 Å². The van der Waals surface area contributed by atoms with Crippen LogP contribution in [0.4, 0.5) is 10.5 Å². The van der Waals surface area contributed by atoms with Crippen LogP contribution in [0.5, 0.6) is 0 Å². The summed E-state index contributed by atoms with van der Waals surface area (Å²) < 4.78 is 0. The summed E-state index contributed by atoms with van der Waals surface area (Å²) in [6.45, 7) is 3.19. The second-order valence-electron chi connectivity index (χ2n) is 4.01. The number of aliphatic carboxylic acids is 1. The van der Waals surface area contributed by atoms with E-state index in [-0.39, 0.29) is 6.54 Å². The molecule has 1 aromatic rings. The minimum Gasteiger partial charge on any atom is -0.481 e. The van der Waals surface area contributed by atoms with Gasteiger partial charge < -0.3 is 15.7 Å². The molecule has 0 aromatic carbocycles. The Morgan fingerprint density at radius 3 is 2.69 bits per heavy atom. The van der Waals surface area contributed by atoms with Gasteiger partial charge in [0.2, 0.25) is 0 Å². The summed E-state index contributed by atoms with van der Waals surface area (Å²) in [5.74, 6) is -0.941. The molecule has 0 unspecified atom stereocenters. The average Bonchev–Trinajstić information content (AvgIpc) is 2.67. The number of thiophene rings is 1. The highest BCUT2D eigenvalue weighted by molar-refractivity contribution is 7.08. The quantitative estimate of drug-likeness (QED) is 0.755. The van der Waals surface area contributed by atoms with Gasteiger partial charge in [0.05, 0.1) is 11.1 Å². The lowest BCUT2D eigenvalue weighted by atomic mass is 9.94. The van der Waals surface area contributed by atoms with Gasteiger partial charge >= 0.3 is 12.0 Å². The van der Waals surface area contributed by atoms with Crippen LogP contribution in [0, 0.1) is 5.41 Å². The van der Waals surface area contributed by atoms with Crippen molar-refractivity contribution in [1.82, 2.24) is 5.32 Å². The highest BCUT2D eigenvalue weighted by Crippen LogP contribution is 2.14. The number of amides is 2. The molecule has 5 nitrogen and oxygen atoms in total. The fourth-order valence-corrected chi connectivity index (χ4v) is 1.48. The molecule has 88 valence electrons. The second kappa shape index (κ2) is 4.98. The summed E-state index contributed by atoms with van der Waals surface area (Å²) in [7, 11) is 0. The molecule has 0 saturated heterocycles. The number of urea groups is 1. The molecule has 0 atom stereocenters. The van der Waals surface area contributed by atoms with Crippen molar-refractivity contribution < 1.29 is 14.7 Å². The third kappa shape index (κ3) is 3.54. The van der Waals surface area contributed by atoms with Crippen LogP contribution in [0.1, 0.15) is 13.8 Å². The van der Waals surface area contributed by atoms with Gasteiger partial charge in [0, 0.05) is 11.9 Å². The van der Waals surface area contributed by atoms with E-state index < -0.39 is 17.4 Å². The average molecular weight is 242 g/mol. The lowest BCUT2D eigenvalue weighted by molar-refractivity contribution is -0.146. The van der Waals surface area contributed by atoms with E-state index >= 15 is 0 Å². The van der Waals surface area contributed by atoms with Crippen molar-refractivity contribution in [1.29, 1.82) is 0 Å². The number of hydrogen-bond acceptors (Lipinski definition) is 3.